The molecule has 0 saturated carbocycles. The molecule has 0 radical (unpaired) electrons. The van der Waals surface area contributed by atoms with Crippen LogP contribution in [0.15, 0.2) is 52.5 Å². The van der Waals surface area contributed by atoms with E-state index in [2.05, 4.69) is 25.3 Å². The van der Waals surface area contributed by atoms with Crippen molar-refractivity contribution in [3.05, 3.63) is 87.4 Å². The molecule has 0 atom stereocenters. The Morgan fingerprint density at radius 2 is 1.97 bits per heavy atom. The van der Waals surface area contributed by atoms with E-state index >= 15 is 0 Å². The maximum atomic E-state index is 14.2. The molecule has 2 aromatic carbocycles. The number of aromatic amines is 1. The third-order valence-corrected chi connectivity index (χ3v) is 4.51. The highest BCUT2D eigenvalue weighted by molar-refractivity contribution is 5.87. The van der Waals surface area contributed by atoms with Crippen LogP contribution in [-0.2, 0) is 20.0 Å². The van der Waals surface area contributed by atoms with Crippen LogP contribution in [0.2, 0.25) is 0 Å². The Morgan fingerprint density at radius 3 is 2.69 bits per heavy atom. The van der Waals surface area contributed by atoms with E-state index in [1.165, 1.54) is 30.6 Å². The Labute approximate surface area is 163 Å². The lowest BCUT2D eigenvalue weighted by atomic mass is 10.0. The van der Waals surface area contributed by atoms with E-state index < -0.39 is 11.4 Å². The van der Waals surface area contributed by atoms with Crippen LogP contribution in [0.4, 0.5) is 8.78 Å². The monoisotopic (exact) mass is 394 g/mol. The summed E-state index contributed by atoms with van der Waals surface area (Å²) in [5.74, 6) is -0.223. The first-order valence-electron chi connectivity index (χ1n) is 8.79. The first-order valence-corrected chi connectivity index (χ1v) is 8.79. The smallest absolute Gasteiger partial charge is 0.272 e. The lowest BCUT2D eigenvalue weighted by Crippen LogP contribution is -2.14. The summed E-state index contributed by atoms with van der Waals surface area (Å²) < 4.78 is 28.8. The van der Waals surface area contributed by atoms with Gasteiger partial charge in [-0.05, 0) is 35.4 Å². The highest BCUT2D eigenvalue weighted by Gasteiger charge is 2.15. The number of aryl methyl sites for hydroxylation is 1. The Hall–Kier alpha value is -3.75. The number of nitrogens with zero attached hydrogens (tertiary/aromatic N) is 5. The average molecular weight is 394 g/mol. The van der Waals surface area contributed by atoms with Crippen molar-refractivity contribution in [3.8, 4) is 0 Å². The maximum absolute atomic E-state index is 14.2. The number of hydrogen-bond acceptors (Lipinski definition) is 5. The molecule has 0 spiro atoms. The molecule has 0 bridgehead atoms. The number of aliphatic imine (C=N–C) groups is 1. The zero-order valence-electron chi connectivity index (χ0n) is 15.4. The molecule has 0 aliphatic rings. The van der Waals surface area contributed by atoms with Crippen molar-refractivity contribution in [2.75, 3.05) is 0 Å². The second-order valence-corrected chi connectivity index (χ2v) is 6.48. The van der Waals surface area contributed by atoms with Crippen LogP contribution < -0.4 is 5.56 Å². The van der Waals surface area contributed by atoms with E-state index in [-0.39, 0.29) is 17.7 Å². The highest BCUT2D eigenvalue weighted by atomic mass is 19.1. The Balaban J connectivity index is 1.75. The molecule has 4 aromatic rings. The van der Waals surface area contributed by atoms with Gasteiger partial charge >= 0.3 is 0 Å². The van der Waals surface area contributed by atoms with Crippen LogP contribution in [0.5, 0.6) is 0 Å². The van der Waals surface area contributed by atoms with Crippen LogP contribution >= 0.6 is 0 Å². The van der Waals surface area contributed by atoms with Gasteiger partial charge in [0.2, 0.25) is 0 Å². The minimum absolute atomic E-state index is 0.128. The number of hydrogen-bond donors (Lipinski definition) is 1. The van der Waals surface area contributed by atoms with Gasteiger partial charge in [-0.15, -0.1) is 0 Å². The van der Waals surface area contributed by atoms with Crippen molar-refractivity contribution in [1.82, 2.24) is 25.0 Å². The largest absolute Gasteiger partial charge is 0.288 e. The number of aromatic nitrogens is 5. The Bertz CT molecular complexity index is 1260. The normalized spacial score (nSPS) is 11.6. The predicted molar refractivity (Wildman–Crippen MR) is 104 cm³/mol. The van der Waals surface area contributed by atoms with Gasteiger partial charge in [0.15, 0.2) is 0 Å². The van der Waals surface area contributed by atoms with Gasteiger partial charge < -0.3 is 0 Å². The molecule has 2 heterocycles. The van der Waals surface area contributed by atoms with Gasteiger partial charge in [0, 0.05) is 18.6 Å². The van der Waals surface area contributed by atoms with Gasteiger partial charge in [0.05, 0.1) is 24.0 Å². The maximum Gasteiger partial charge on any atom is 0.272 e. The molecule has 0 aliphatic heterocycles. The van der Waals surface area contributed by atoms with Crippen molar-refractivity contribution in [2.45, 2.75) is 13.0 Å². The zero-order chi connectivity index (χ0) is 20.4. The van der Waals surface area contributed by atoms with Crippen LogP contribution in [-0.4, -0.2) is 31.2 Å². The van der Waals surface area contributed by atoms with Crippen LogP contribution in [0, 0.1) is 11.6 Å². The van der Waals surface area contributed by atoms with E-state index in [1.54, 1.807) is 30.1 Å². The molecule has 0 fully saturated rings. The summed E-state index contributed by atoms with van der Waals surface area (Å²) in [5, 5.41) is 11.3. The lowest BCUT2D eigenvalue weighted by Gasteiger charge is -2.09. The third-order valence-electron chi connectivity index (χ3n) is 4.51. The van der Waals surface area contributed by atoms with E-state index in [0.717, 1.165) is 0 Å². The topological polar surface area (TPSA) is 88.8 Å². The summed E-state index contributed by atoms with van der Waals surface area (Å²) in [6, 6.07) is 8.38. The molecule has 0 saturated heterocycles. The lowest BCUT2D eigenvalue weighted by molar-refractivity contribution is 0.627. The summed E-state index contributed by atoms with van der Waals surface area (Å²) in [4.78, 5) is 20.8. The summed E-state index contributed by atoms with van der Waals surface area (Å²) in [7, 11) is 1.75. The van der Waals surface area contributed by atoms with Gasteiger partial charge in [-0.1, -0.05) is 12.1 Å². The predicted octanol–water partition coefficient (Wildman–Crippen LogP) is 2.54. The fraction of sp³-hybridized carbons (Fsp3) is 0.150. The fourth-order valence-electron chi connectivity index (χ4n) is 3.10. The zero-order valence-corrected chi connectivity index (χ0v) is 15.4. The van der Waals surface area contributed by atoms with Crippen molar-refractivity contribution >= 4 is 17.0 Å². The summed E-state index contributed by atoms with van der Waals surface area (Å²) in [6.07, 6.45) is 3.31. The molecule has 146 valence electrons. The molecule has 2 aromatic heterocycles. The molecule has 4 rings (SSSR count). The van der Waals surface area contributed by atoms with E-state index in [9.17, 15) is 13.6 Å². The van der Waals surface area contributed by atoms with Gasteiger partial charge in [-0.2, -0.15) is 10.2 Å². The molecular formula is C20H16F2N6O. The second-order valence-electron chi connectivity index (χ2n) is 6.48. The molecule has 7 nitrogen and oxygen atoms in total. The SMILES string of the molecule is Cn1ncnc1Cc1n[nH]c(=O)c2cc(F)cc(CN=Cc3ccc(F)cc3)c12. The number of rotatable bonds is 5. The van der Waals surface area contributed by atoms with E-state index in [0.29, 0.717) is 34.5 Å². The molecule has 0 unspecified atom stereocenters. The number of nitrogens with one attached hydrogen (secondary N) is 1. The van der Waals surface area contributed by atoms with Gasteiger partial charge in [-0.25, -0.2) is 18.9 Å². The first kappa shape index (κ1) is 18.6. The second kappa shape index (κ2) is 7.70. The molecule has 9 heteroatoms. The molecule has 0 aliphatic carbocycles. The highest BCUT2D eigenvalue weighted by Crippen LogP contribution is 2.23. The standard InChI is InChI=1S/C20H16F2N6O/c1-28-18(24-11-25-28)8-17-19-13(6-15(22)7-16(19)20(29)27-26-17)10-23-9-12-2-4-14(21)5-3-12/h2-7,9,11H,8,10H2,1H3,(H,27,29). The first-order chi connectivity index (χ1) is 14.0. The minimum atomic E-state index is -0.536. The van der Waals surface area contributed by atoms with Crippen LogP contribution in [0.3, 0.4) is 0 Å². The summed E-state index contributed by atoms with van der Waals surface area (Å²) in [6.45, 7) is 0.128. The number of fused-ring (bicyclic) bond motifs is 1. The van der Waals surface area contributed by atoms with Gasteiger partial charge in [0.1, 0.15) is 23.8 Å². The number of halogens is 2. The average Bonchev–Trinajstić information content (AvgIpc) is 3.10. The summed E-state index contributed by atoms with van der Waals surface area (Å²) in [5.41, 5.74) is 1.30. The van der Waals surface area contributed by atoms with E-state index in [1.807, 2.05) is 0 Å². The Morgan fingerprint density at radius 1 is 1.17 bits per heavy atom. The third kappa shape index (κ3) is 3.93. The van der Waals surface area contributed by atoms with Gasteiger partial charge in [-0.3, -0.25) is 14.5 Å². The quantitative estimate of drug-likeness (QED) is 0.527. The number of benzene rings is 2. The molecular weight excluding hydrogens is 378 g/mol. The van der Waals surface area contributed by atoms with Crippen LogP contribution in [0.1, 0.15) is 22.6 Å². The van der Waals surface area contributed by atoms with E-state index in [4.69, 9.17) is 0 Å². The fourth-order valence-corrected chi connectivity index (χ4v) is 3.10. The van der Waals surface area contributed by atoms with Crippen molar-refractivity contribution in [3.63, 3.8) is 0 Å². The molecule has 1 N–H and O–H groups in total. The Kier molecular flexibility index (Phi) is 4.94. The summed E-state index contributed by atoms with van der Waals surface area (Å²) >= 11 is 0. The number of H-pyrrole nitrogens is 1. The van der Waals surface area contributed by atoms with Crippen molar-refractivity contribution in [2.24, 2.45) is 12.0 Å². The molecule has 29 heavy (non-hydrogen) atoms. The van der Waals surface area contributed by atoms with Crippen LogP contribution in [0.25, 0.3) is 10.8 Å². The molecule has 0 amide bonds. The van der Waals surface area contributed by atoms with Crippen molar-refractivity contribution < 1.29 is 8.78 Å². The van der Waals surface area contributed by atoms with Crippen molar-refractivity contribution in [1.29, 1.82) is 0 Å². The minimum Gasteiger partial charge on any atom is -0.288 e. The van der Waals surface area contributed by atoms with Gasteiger partial charge in [0.25, 0.3) is 5.56 Å².